The van der Waals surface area contributed by atoms with E-state index < -0.39 is 17.7 Å². The largest absolute Gasteiger partial charge is 0.350 e. The van der Waals surface area contributed by atoms with Crippen molar-refractivity contribution in [2.24, 2.45) is 0 Å². The second kappa shape index (κ2) is 6.52. The van der Waals surface area contributed by atoms with Gasteiger partial charge in [-0.3, -0.25) is 19.3 Å². The quantitative estimate of drug-likeness (QED) is 0.815. The summed E-state index contributed by atoms with van der Waals surface area (Å²) < 4.78 is 13.5. The molecular formula is C17H12BrFN2O3. The third-order valence-electron chi connectivity index (χ3n) is 3.64. The fraction of sp³-hybridized carbons (Fsp3) is 0.118. The third-order valence-corrected chi connectivity index (χ3v) is 4.13. The predicted molar refractivity (Wildman–Crippen MR) is 87.8 cm³/mol. The Labute approximate surface area is 145 Å². The van der Waals surface area contributed by atoms with E-state index in [1.165, 1.54) is 12.1 Å². The van der Waals surface area contributed by atoms with Crippen molar-refractivity contribution in [3.8, 4) is 0 Å². The lowest BCUT2D eigenvalue weighted by Crippen LogP contribution is -2.40. The normalized spacial score (nSPS) is 13.2. The summed E-state index contributed by atoms with van der Waals surface area (Å²) in [5.41, 5.74) is 1.28. The van der Waals surface area contributed by atoms with E-state index in [0.29, 0.717) is 4.47 Å². The second-order valence-corrected chi connectivity index (χ2v) is 6.21. The Balaban J connectivity index is 1.64. The predicted octanol–water partition coefficient (Wildman–Crippen LogP) is 2.50. The molecular weight excluding hydrogens is 379 g/mol. The number of halogens is 2. The van der Waals surface area contributed by atoms with Crippen LogP contribution in [0.3, 0.4) is 0 Å². The molecule has 0 atom stereocenters. The minimum absolute atomic E-state index is 0.188. The monoisotopic (exact) mass is 390 g/mol. The molecule has 7 heteroatoms. The Morgan fingerprint density at radius 3 is 2.42 bits per heavy atom. The van der Waals surface area contributed by atoms with Crippen molar-refractivity contribution in [3.05, 3.63) is 69.4 Å². The first kappa shape index (κ1) is 16.3. The average molecular weight is 391 g/mol. The minimum atomic E-state index is -0.492. The van der Waals surface area contributed by atoms with E-state index in [-0.39, 0.29) is 30.0 Å². The van der Waals surface area contributed by atoms with Crippen molar-refractivity contribution < 1.29 is 18.8 Å². The van der Waals surface area contributed by atoms with Crippen molar-refractivity contribution in [2.45, 2.75) is 6.54 Å². The van der Waals surface area contributed by atoms with Crippen LogP contribution in [0.25, 0.3) is 0 Å². The van der Waals surface area contributed by atoms with Crippen LogP contribution in [0, 0.1) is 5.82 Å². The maximum absolute atomic E-state index is 12.8. The molecule has 2 aromatic carbocycles. The molecule has 0 bridgehead atoms. The highest BCUT2D eigenvalue weighted by Crippen LogP contribution is 2.25. The van der Waals surface area contributed by atoms with E-state index in [9.17, 15) is 18.8 Å². The van der Waals surface area contributed by atoms with Gasteiger partial charge in [0.15, 0.2) is 0 Å². The van der Waals surface area contributed by atoms with Gasteiger partial charge in [-0.05, 0) is 35.9 Å². The molecule has 0 unspecified atom stereocenters. The van der Waals surface area contributed by atoms with Gasteiger partial charge < -0.3 is 5.32 Å². The number of imide groups is 1. The fourth-order valence-corrected chi connectivity index (χ4v) is 2.77. The molecule has 24 heavy (non-hydrogen) atoms. The molecule has 0 radical (unpaired) electrons. The maximum atomic E-state index is 12.8. The summed E-state index contributed by atoms with van der Waals surface area (Å²) in [6.45, 7) is -0.168. The number of benzene rings is 2. The molecule has 1 heterocycles. The average Bonchev–Trinajstić information content (AvgIpc) is 2.79. The summed E-state index contributed by atoms with van der Waals surface area (Å²) in [7, 11) is 0. The number of carbonyl (C=O) groups is 3. The molecule has 122 valence electrons. The summed E-state index contributed by atoms with van der Waals surface area (Å²) in [6, 6.07) is 10.5. The Morgan fingerprint density at radius 2 is 1.71 bits per heavy atom. The molecule has 5 nitrogen and oxygen atoms in total. The summed E-state index contributed by atoms with van der Waals surface area (Å²) in [4.78, 5) is 37.4. The van der Waals surface area contributed by atoms with Gasteiger partial charge in [-0.25, -0.2) is 4.39 Å². The van der Waals surface area contributed by atoms with Crippen LogP contribution < -0.4 is 5.32 Å². The molecule has 3 rings (SSSR count). The number of nitrogens with zero attached hydrogens (tertiary/aromatic N) is 1. The SMILES string of the molecule is O=C(CN1C(=O)c2ccc(Br)cc2C1=O)NCc1ccc(F)cc1. The van der Waals surface area contributed by atoms with Crippen LogP contribution in [0.4, 0.5) is 4.39 Å². The van der Waals surface area contributed by atoms with Gasteiger partial charge in [0.05, 0.1) is 11.1 Å². The smallest absolute Gasteiger partial charge is 0.262 e. The first-order valence-electron chi connectivity index (χ1n) is 7.12. The maximum Gasteiger partial charge on any atom is 0.262 e. The highest BCUT2D eigenvalue weighted by atomic mass is 79.9. The molecule has 3 amide bonds. The number of nitrogens with one attached hydrogen (secondary N) is 1. The van der Waals surface area contributed by atoms with Crippen molar-refractivity contribution in [1.29, 1.82) is 0 Å². The second-order valence-electron chi connectivity index (χ2n) is 5.29. The van der Waals surface area contributed by atoms with E-state index in [1.54, 1.807) is 30.3 Å². The number of hydrogen-bond donors (Lipinski definition) is 1. The van der Waals surface area contributed by atoms with Gasteiger partial charge >= 0.3 is 0 Å². The molecule has 0 saturated carbocycles. The van der Waals surface area contributed by atoms with Crippen LogP contribution in [0.15, 0.2) is 46.9 Å². The van der Waals surface area contributed by atoms with Gasteiger partial charge in [0.1, 0.15) is 12.4 Å². The summed E-state index contributed by atoms with van der Waals surface area (Å²) in [5, 5.41) is 2.61. The van der Waals surface area contributed by atoms with Crippen molar-refractivity contribution in [1.82, 2.24) is 10.2 Å². The molecule has 1 N–H and O–H groups in total. The summed E-state index contributed by atoms with van der Waals surface area (Å²) in [5.74, 6) is -1.80. The summed E-state index contributed by atoms with van der Waals surface area (Å²) in [6.07, 6.45) is 0. The number of carbonyl (C=O) groups excluding carboxylic acids is 3. The first-order valence-corrected chi connectivity index (χ1v) is 7.92. The number of hydrogen-bond acceptors (Lipinski definition) is 3. The van der Waals surface area contributed by atoms with Crippen LogP contribution in [-0.2, 0) is 11.3 Å². The first-order chi connectivity index (χ1) is 11.5. The molecule has 0 aromatic heterocycles. The molecule has 1 aliphatic heterocycles. The van der Waals surface area contributed by atoms with Crippen LogP contribution in [-0.4, -0.2) is 29.2 Å². The topological polar surface area (TPSA) is 66.5 Å². The fourth-order valence-electron chi connectivity index (χ4n) is 2.41. The van der Waals surface area contributed by atoms with E-state index in [1.807, 2.05) is 0 Å². The van der Waals surface area contributed by atoms with Gasteiger partial charge in [-0.2, -0.15) is 0 Å². The van der Waals surface area contributed by atoms with Gasteiger partial charge in [0, 0.05) is 11.0 Å². The molecule has 2 aromatic rings. The van der Waals surface area contributed by atoms with Crippen LogP contribution in [0.1, 0.15) is 26.3 Å². The number of amides is 3. The lowest BCUT2D eigenvalue weighted by molar-refractivity contribution is -0.121. The molecule has 0 spiro atoms. The molecule has 1 aliphatic rings. The number of fused-ring (bicyclic) bond motifs is 1. The van der Waals surface area contributed by atoms with Crippen molar-refractivity contribution in [2.75, 3.05) is 6.54 Å². The van der Waals surface area contributed by atoms with Crippen LogP contribution in [0.5, 0.6) is 0 Å². The minimum Gasteiger partial charge on any atom is -0.350 e. The van der Waals surface area contributed by atoms with Crippen LogP contribution >= 0.6 is 15.9 Å². The Bertz CT molecular complexity index is 836. The Hall–Kier alpha value is -2.54. The highest BCUT2D eigenvalue weighted by molar-refractivity contribution is 9.10. The van der Waals surface area contributed by atoms with Crippen molar-refractivity contribution >= 4 is 33.7 Å². The van der Waals surface area contributed by atoms with E-state index in [0.717, 1.165) is 10.5 Å². The van der Waals surface area contributed by atoms with Crippen molar-refractivity contribution in [3.63, 3.8) is 0 Å². The number of rotatable bonds is 4. The lowest BCUT2D eigenvalue weighted by atomic mass is 10.1. The summed E-state index contributed by atoms with van der Waals surface area (Å²) >= 11 is 3.25. The van der Waals surface area contributed by atoms with Gasteiger partial charge in [0.25, 0.3) is 11.8 Å². The van der Waals surface area contributed by atoms with Gasteiger partial charge in [0.2, 0.25) is 5.91 Å². The highest BCUT2D eigenvalue weighted by Gasteiger charge is 2.36. The zero-order chi connectivity index (χ0) is 17.3. The van der Waals surface area contributed by atoms with Gasteiger partial charge in [-0.15, -0.1) is 0 Å². The van der Waals surface area contributed by atoms with E-state index in [2.05, 4.69) is 21.2 Å². The zero-order valence-corrected chi connectivity index (χ0v) is 14.0. The van der Waals surface area contributed by atoms with Gasteiger partial charge in [-0.1, -0.05) is 28.1 Å². The standard InChI is InChI=1S/C17H12BrFN2O3/c18-11-3-6-13-14(7-11)17(24)21(16(13)23)9-15(22)20-8-10-1-4-12(19)5-2-10/h1-7H,8-9H2,(H,20,22). The van der Waals surface area contributed by atoms with Crippen LogP contribution in [0.2, 0.25) is 0 Å². The Kier molecular flexibility index (Phi) is 4.44. The van der Waals surface area contributed by atoms with E-state index in [4.69, 9.17) is 0 Å². The lowest BCUT2D eigenvalue weighted by Gasteiger charge is -2.13. The molecule has 0 fully saturated rings. The zero-order valence-electron chi connectivity index (χ0n) is 12.4. The van der Waals surface area contributed by atoms with E-state index >= 15 is 0 Å². The molecule has 0 saturated heterocycles. The third kappa shape index (κ3) is 3.21. The molecule has 0 aliphatic carbocycles. The Morgan fingerprint density at radius 1 is 1.04 bits per heavy atom.